The number of aryl methyl sites for hydroxylation is 2. The number of aromatic nitrogens is 2. The number of halogens is 1. The van der Waals surface area contributed by atoms with Crippen molar-refractivity contribution in [2.75, 3.05) is 7.11 Å². The van der Waals surface area contributed by atoms with Crippen molar-refractivity contribution in [1.29, 1.82) is 0 Å². The minimum absolute atomic E-state index is 0.474. The van der Waals surface area contributed by atoms with Crippen LogP contribution in [0, 0.1) is 13.8 Å². The van der Waals surface area contributed by atoms with Crippen molar-refractivity contribution in [2.24, 2.45) is 0 Å². The smallest absolute Gasteiger partial charge is 0.159 e. The summed E-state index contributed by atoms with van der Waals surface area (Å²) < 4.78 is 5.33. The molecule has 0 aliphatic carbocycles. The monoisotopic (exact) mass is 236 g/mol. The minimum Gasteiger partial charge on any atom is -0.496 e. The predicted molar refractivity (Wildman–Crippen MR) is 65.1 cm³/mol. The van der Waals surface area contributed by atoms with Gasteiger partial charge in [-0.1, -0.05) is 23.2 Å². The molecule has 0 saturated carbocycles. The van der Waals surface area contributed by atoms with Crippen LogP contribution in [0.5, 0.6) is 5.75 Å². The molecule has 1 aromatic carbocycles. The molecule has 0 saturated heterocycles. The molecule has 0 fully saturated rings. The Morgan fingerprint density at radius 2 is 2.06 bits per heavy atom. The fraction of sp³-hybridized carbons (Fsp3) is 0.250. The lowest BCUT2D eigenvalue weighted by molar-refractivity contribution is 0.416. The zero-order chi connectivity index (χ0) is 11.7. The van der Waals surface area contributed by atoms with Crippen molar-refractivity contribution in [3.05, 3.63) is 34.6 Å². The van der Waals surface area contributed by atoms with Crippen LogP contribution in [0.4, 0.5) is 0 Å². The fourth-order valence-electron chi connectivity index (χ4n) is 1.73. The van der Waals surface area contributed by atoms with E-state index in [2.05, 4.69) is 10.2 Å². The van der Waals surface area contributed by atoms with Crippen LogP contribution in [0.2, 0.25) is 5.15 Å². The molecule has 16 heavy (non-hydrogen) atoms. The van der Waals surface area contributed by atoms with Gasteiger partial charge >= 0.3 is 0 Å². The van der Waals surface area contributed by atoms with Gasteiger partial charge in [-0.3, -0.25) is 5.10 Å². The highest BCUT2D eigenvalue weighted by molar-refractivity contribution is 6.32. The van der Waals surface area contributed by atoms with E-state index >= 15 is 0 Å². The standard InChI is InChI=1S/C12H13ClN2O/c1-7-4-5-10(16-3)9(6-7)11-8(2)14-15-12(11)13/h4-6H,1-3H3,(H,14,15). The molecule has 1 N–H and O–H groups in total. The summed E-state index contributed by atoms with van der Waals surface area (Å²) in [6, 6.07) is 5.99. The molecule has 0 atom stereocenters. The van der Waals surface area contributed by atoms with E-state index in [0.29, 0.717) is 5.15 Å². The number of rotatable bonds is 2. The van der Waals surface area contributed by atoms with Crippen molar-refractivity contribution in [2.45, 2.75) is 13.8 Å². The summed E-state index contributed by atoms with van der Waals surface area (Å²) in [6.45, 7) is 3.97. The van der Waals surface area contributed by atoms with E-state index in [1.54, 1.807) is 7.11 Å². The van der Waals surface area contributed by atoms with Crippen LogP contribution in [0.3, 0.4) is 0 Å². The van der Waals surface area contributed by atoms with E-state index in [1.807, 2.05) is 32.0 Å². The Morgan fingerprint density at radius 1 is 1.31 bits per heavy atom. The Hall–Kier alpha value is -1.48. The Balaban J connectivity index is 2.67. The van der Waals surface area contributed by atoms with Gasteiger partial charge in [0.2, 0.25) is 0 Å². The number of hydrogen-bond donors (Lipinski definition) is 1. The lowest BCUT2D eigenvalue weighted by Crippen LogP contribution is -1.89. The molecule has 84 valence electrons. The number of H-pyrrole nitrogens is 1. The molecule has 0 spiro atoms. The van der Waals surface area contributed by atoms with Crippen molar-refractivity contribution >= 4 is 11.6 Å². The maximum Gasteiger partial charge on any atom is 0.159 e. The fourth-order valence-corrected chi connectivity index (χ4v) is 2.02. The molecule has 0 unspecified atom stereocenters. The molecule has 0 amide bonds. The highest BCUT2D eigenvalue weighted by Gasteiger charge is 2.14. The van der Waals surface area contributed by atoms with E-state index in [-0.39, 0.29) is 0 Å². The molecule has 3 nitrogen and oxygen atoms in total. The summed E-state index contributed by atoms with van der Waals surface area (Å²) in [7, 11) is 1.65. The molecule has 0 radical (unpaired) electrons. The van der Waals surface area contributed by atoms with Crippen molar-refractivity contribution in [3.8, 4) is 16.9 Å². The van der Waals surface area contributed by atoms with Crippen molar-refractivity contribution in [1.82, 2.24) is 10.2 Å². The lowest BCUT2D eigenvalue weighted by Gasteiger charge is -2.09. The van der Waals surface area contributed by atoms with E-state index in [9.17, 15) is 0 Å². The zero-order valence-electron chi connectivity index (χ0n) is 9.47. The third-order valence-electron chi connectivity index (χ3n) is 2.53. The summed E-state index contributed by atoms with van der Waals surface area (Å²) in [5, 5.41) is 7.32. The first-order valence-corrected chi connectivity index (χ1v) is 5.36. The Bertz CT molecular complexity index is 500. The van der Waals surface area contributed by atoms with Gasteiger partial charge in [0.15, 0.2) is 5.15 Å². The second kappa shape index (κ2) is 4.18. The van der Waals surface area contributed by atoms with Crippen LogP contribution < -0.4 is 4.74 Å². The molecule has 2 rings (SSSR count). The number of nitrogens with one attached hydrogen (secondary N) is 1. The van der Waals surface area contributed by atoms with Crippen molar-refractivity contribution in [3.63, 3.8) is 0 Å². The van der Waals surface area contributed by atoms with Crippen molar-refractivity contribution < 1.29 is 4.74 Å². The molecule has 2 aromatic rings. The first-order chi connectivity index (χ1) is 7.63. The zero-order valence-corrected chi connectivity index (χ0v) is 10.2. The second-order valence-electron chi connectivity index (χ2n) is 3.72. The average Bonchev–Trinajstić information content (AvgIpc) is 2.58. The number of ether oxygens (including phenoxy) is 1. The van der Waals surface area contributed by atoms with E-state index in [4.69, 9.17) is 16.3 Å². The van der Waals surface area contributed by atoms with E-state index in [0.717, 1.165) is 28.1 Å². The summed E-state index contributed by atoms with van der Waals surface area (Å²) >= 11 is 6.06. The lowest BCUT2D eigenvalue weighted by atomic mass is 10.0. The number of methoxy groups -OCH3 is 1. The molecule has 1 heterocycles. The summed E-state index contributed by atoms with van der Waals surface area (Å²) in [5.41, 5.74) is 3.97. The summed E-state index contributed by atoms with van der Waals surface area (Å²) in [5.74, 6) is 0.803. The van der Waals surface area contributed by atoms with E-state index < -0.39 is 0 Å². The Kier molecular flexibility index (Phi) is 2.88. The minimum atomic E-state index is 0.474. The quantitative estimate of drug-likeness (QED) is 0.868. The molecule has 4 heteroatoms. The van der Waals surface area contributed by atoms with Gasteiger partial charge in [-0.05, 0) is 26.0 Å². The second-order valence-corrected chi connectivity index (χ2v) is 4.08. The van der Waals surface area contributed by atoms with Gasteiger partial charge in [-0.15, -0.1) is 0 Å². The Morgan fingerprint density at radius 3 is 2.62 bits per heavy atom. The SMILES string of the molecule is COc1ccc(C)cc1-c1c(Cl)n[nH]c1C. The topological polar surface area (TPSA) is 37.9 Å². The number of nitrogens with zero attached hydrogens (tertiary/aromatic N) is 1. The average molecular weight is 237 g/mol. The third-order valence-corrected chi connectivity index (χ3v) is 2.80. The van der Waals surface area contributed by atoms with Crippen LogP contribution in [-0.4, -0.2) is 17.3 Å². The number of aromatic amines is 1. The van der Waals surface area contributed by atoms with Crippen LogP contribution in [0.1, 0.15) is 11.3 Å². The van der Waals surface area contributed by atoms with Gasteiger partial charge in [-0.2, -0.15) is 5.10 Å². The van der Waals surface area contributed by atoms with E-state index in [1.165, 1.54) is 0 Å². The molecule has 0 bridgehead atoms. The van der Waals surface area contributed by atoms with Gasteiger partial charge in [0, 0.05) is 16.8 Å². The highest BCUT2D eigenvalue weighted by atomic mass is 35.5. The molecule has 1 aromatic heterocycles. The van der Waals surface area contributed by atoms with Crippen LogP contribution in [0.25, 0.3) is 11.1 Å². The van der Waals surface area contributed by atoms with Gasteiger partial charge in [0.05, 0.1) is 7.11 Å². The molecule has 0 aliphatic heterocycles. The summed E-state index contributed by atoms with van der Waals surface area (Å²) in [4.78, 5) is 0. The molecule has 0 aliphatic rings. The van der Waals surface area contributed by atoms with Gasteiger partial charge < -0.3 is 4.74 Å². The van der Waals surface area contributed by atoms with Crippen LogP contribution >= 0.6 is 11.6 Å². The van der Waals surface area contributed by atoms with Gasteiger partial charge in [0.25, 0.3) is 0 Å². The predicted octanol–water partition coefficient (Wildman–Crippen LogP) is 3.36. The summed E-state index contributed by atoms with van der Waals surface area (Å²) in [6.07, 6.45) is 0. The first-order valence-electron chi connectivity index (χ1n) is 4.99. The molecular weight excluding hydrogens is 224 g/mol. The normalized spacial score (nSPS) is 10.5. The maximum absolute atomic E-state index is 6.06. The van der Waals surface area contributed by atoms with Crippen LogP contribution in [0.15, 0.2) is 18.2 Å². The largest absolute Gasteiger partial charge is 0.496 e. The van der Waals surface area contributed by atoms with Gasteiger partial charge in [0.1, 0.15) is 5.75 Å². The highest BCUT2D eigenvalue weighted by Crippen LogP contribution is 2.36. The van der Waals surface area contributed by atoms with Gasteiger partial charge in [-0.25, -0.2) is 0 Å². The first kappa shape index (κ1) is 11.0. The maximum atomic E-state index is 6.06. The van der Waals surface area contributed by atoms with Crippen LogP contribution in [-0.2, 0) is 0 Å². The number of hydrogen-bond acceptors (Lipinski definition) is 2. The Labute approximate surface area is 99.4 Å². The molecular formula is C12H13ClN2O. The third kappa shape index (κ3) is 1.78. The number of benzene rings is 1.